The minimum atomic E-state index is 0. The molecular weight excluding hydrogens is 353 g/mol. The second kappa shape index (κ2) is 13.0. The molecule has 1 aliphatic rings. The molecule has 1 aromatic rings. The van der Waals surface area contributed by atoms with E-state index in [1.807, 2.05) is 18.4 Å². The van der Waals surface area contributed by atoms with Crippen molar-refractivity contribution in [1.82, 2.24) is 15.5 Å². The van der Waals surface area contributed by atoms with Crippen molar-refractivity contribution in [1.29, 1.82) is 0 Å². The number of carbonyl (C=O) groups is 1. The van der Waals surface area contributed by atoms with E-state index in [-0.39, 0.29) is 30.7 Å². The Labute approximate surface area is 156 Å². The van der Waals surface area contributed by atoms with E-state index in [0.29, 0.717) is 12.3 Å². The van der Waals surface area contributed by atoms with Gasteiger partial charge < -0.3 is 10.6 Å². The maximum absolute atomic E-state index is 11.7. The molecule has 0 spiro atoms. The van der Waals surface area contributed by atoms with Gasteiger partial charge in [0.1, 0.15) is 0 Å². The normalized spacial score (nSPS) is 17.9. The number of halogens is 2. The minimum absolute atomic E-state index is 0. The van der Waals surface area contributed by atoms with E-state index in [0.717, 1.165) is 32.6 Å². The largest absolute Gasteiger partial charge is 0.356 e. The highest BCUT2D eigenvalue weighted by Crippen LogP contribution is 2.19. The zero-order valence-electron chi connectivity index (χ0n) is 13.8. The van der Waals surface area contributed by atoms with Crippen LogP contribution in [0.25, 0.3) is 0 Å². The Morgan fingerprint density at radius 3 is 2.96 bits per heavy atom. The lowest BCUT2D eigenvalue weighted by molar-refractivity contribution is -0.121. The molecule has 0 bridgehead atoms. The van der Waals surface area contributed by atoms with Crippen molar-refractivity contribution in [2.45, 2.75) is 32.2 Å². The number of hydrogen-bond donors (Lipinski definition) is 2. The average Bonchev–Trinajstić information content (AvgIpc) is 2.99. The van der Waals surface area contributed by atoms with Gasteiger partial charge in [0.15, 0.2) is 0 Å². The summed E-state index contributed by atoms with van der Waals surface area (Å²) in [6.45, 7) is 5.09. The number of nitrogens with one attached hydrogen (secondary N) is 2. The van der Waals surface area contributed by atoms with E-state index in [4.69, 9.17) is 0 Å². The molecule has 4 nitrogen and oxygen atoms in total. The van der Waals surface area contributed by atoms with Gasteiger partial charge in [0.2, 0.25) is 5.91 Å². The van der Waals surface area contributed by atoms with Crippen LogP contribution >= 0.6 is 36.2 Å². The molecule has 2 heterocycles. The molecule has 2 rings (SSSR count). The van der Waals surface area contributed by atoms with Crippen molar-refractivity contribution < 1.29 is 4.79 Å². The molecule has 2 N–H and O–H groups in total. The minimum Gasteiger partial charge on any atom is -0.356 e. The highest BCUT2D eigenvalue weighted by molar-refractivity contribution is 7.09. The topological polar surface area (TPSA) is 44.4 Å². The van der Waals surface area contributed by atoms with Crippen LogP contribution in [0.2, 0.25) is 0 Å². The molecule has 1 amide bonds. The number of amides is 1. The number of hydrogen-bond acceptors (Lipinski definition) is 4. The fraction of sp³-hybridized carbons (Fsp3) is 0.688. The van der Waals surface area contributed by atoms with Crippen LogP contribution in [-0.2, 0) is 11.3 Å². The van der Waals surface area contributed by atoms with Gasteiger partial charge in [-0.05, 0) is 56.8 Å². The van der Waals surface area contributed by atoms with Gasteiger partial charge in [-0.3, -0.25) is 9.69 Å². The first-order valence-electron chi connectivity index (χ1n) is 7.94. The second-order valence-electron chi connectivity index (χ2n) is 5.83. The Bertz CT molecular complexity index is 417. The summed E-state index contributed by atoms with van der Waals surface area (Å²) >= 11 is 1.83. The number of thiophene rings is 1. The lowest BCUT2D eigenvalue weighted by Gasteiger charge is -2.32. The van der Waals surface area contributed by atoms with E-state index < -0.39 is 0 Å². The molecule has 23 heavy (non-hydrogen) atoms. The standard InChI is InChI=1S/C16H27N3OS.2ClH/c1-17-8-2-7-16(20)18-11-14-5-3-9-19(12-14)13-15-6-4-10-21-15;;/h4,6,10,14,17H,2-3,5,7-9,11-13H2,1H3,(H,18,20);2*1H. The fourth-order valence-electron chi connectivity index (χ4n) is 2.86. The van der Waals surface area contributed by atoms with Gasteiger partial charge in [-0.1, -0.05) is 6.07 Å². The third-order valence-corrected chi connectivity index (χ3v) is 4.84. The molecule has 1 fully saturated rings. The van der Waals surface area contributed by atoms with Crippen LogP contribution in [0.1, 0.15) is 30.6 Å². The molecule has 0 radical (unpaired) electrons. The molecule has 0 aromatic carbocycles. The van der Waals surface area contributed by atoms with Crippen LogP contribution in [0.15, 0.2) is 17.5 Å². The fourth-order valence-corrected chi connectivity index (χ4v) is 3.60. The van der Waals surface area contributed by atoms with Crippen molar-refractivity contribution in [3.05, 3.63) is 22.4 Å². The van der Waals surface area contributed by atoms with Crippen molar-refractivity contribution in [3.8, 4) is 0 Å². The highest BCUT2D eigenvalue weighted by atomic mass is 35.5. The summed E-state index contributed by atoms with van der Waals surface area (Å²) in [5.41, 5.74) is 0. The lowest BCUT2D eigenvalue weighted by atomic mass is 9.98. The first-order valence-corrected chi connectivity index (χ1v) is 8.82. The predicted octanol–water partition coefficient (Wildman–Crippen LogP) is 2.92. The smallest absolute Gasteiger partial charge is 0.220 e. The van der Waals surface area contributed by atoms with Gasteiger partial charge in [-0.25, -0.2) is 0 Å². The van der Waals surface area contributed by atoms with Crippen LogP contribution in [-0.4, -0.2) is 44.0 Å². The van der Waals surface area contributed by atoms with Crippen molar-refractivity contribution in [3.63, 3.8) is 0 Å². The lowest BCUT2D eigenvalue weighted by Crippen LogP contribution is -2.40. The first-order chi connectivity index (χ1) is 10.3. The molecule has 134 valence electrons. The van der Waals surface area contributed by atoms with Crippen LogP contribution in [0.5, 0.6) is 0 Å². The number of rotatable bonds is 8. The molecule has 0 aliphatic carbocycles. The second-order valence-corrected chi connectivity index (χ2v) is 6.87. The van der Waals surface area contributed by atoms with Crippen molar-refractivity contribution in [2.24, 2.45) is 5.92 Å². The number of nitrogens with zero attached hydrogens (tertiary/aromatic N) is 1. The molecule has 1 aliphatic heterocycles. The quantitative estimate of drug-likeness (QED) is 0.680. The van der Waals surface area contributed by atoms with Crippen LogP contribution in [0, 0.1) is 5.92 Å². The van der Waals surface area contributed by atoms with Crippen LogP contribution in [0.3, 0.4) is 0 Å². The zero-order valence-corrected chi connectivity index (χ0v) is 16.2. The van der Waals surface area contributed by atoms with Gasteiger partial charge in [-0.2, -0.15) is 0 Å². The SMILES string of the molecule is CNCCCC(=O)NCC1CCCN(Cc2cccs2)C1.Cl.Cl. The first kappa shape index (κ1) is 22.7. The van der Waals surface area contributed by atoms with Gasteiger partial charge in [-0.15, -0.1) is 36.2 Å². The summed E-state index contributed by atoms with van der Waals surface area (Å²) in [4.78, 5) is 15.7. The Hall–Kier alpha value is -0.330. The summed E-state index contributed by atoms with van der Waals surface area (Å²) in [5.74, 6) is 0.799. The summed E-state index contributed by atoms with van der Waals surface area (Å²) in [7, 11) is 1.92. The summed E-state index contributed by atoms with van der Waals surface area (Å²) in [5, 5.41) is 8.31. The number of likely N-dealkylation sites (tertiary alicyclic amines) is 1. The predicted molar refractivity (Wildman–Crippen MR) is 103 cm³/mol. The maximum Gasteiger partial charge on any atom is 0.220 e. The number of carbonyl (C=O) groups excluding carboxylic acids is 1. The van der Waals surface area contributed by atoms with E-state index in [2.05, 4.69) is 33.0 Å². The van der Waals surface area contributed by atoms with Crippen molar-refractivity contribution in [2.75, 3.05) is 33.2 Å². The molecule has 1 unspecified atom stereocenters. The molecule has 1 saturated heterocycles. The van der Waals surface area contributed by atoms with Crippen LogP contribution in [0.4, 0.5) is 0 Å². The maximum atomic E-state index is 11.7. The average molecular weight is 382 g/mol. The van der Waals surface area contributed by atoms with Crippen molar-refractivity contribution >= 4 is 42.1 Å². The van der Waals surface area contributed by atoms with E-state index in [9.17, 15) is 4.79 Å². The van der Waals surface area contributed by atoms with Crippen LogP contribution < -0.4 is 10.6 Å². The van der Waals surface area contributed by atoms with E-state index >= 15 is 0 Å². The molecule has 1 aromatic heterocycles. The zero-order chi connectivity index (χ0) is 14.9. The molecule has 0 saturated carbocycles. The Morgan fingerprint density at radius 1 is 1.43 bits per heavy atom. The molecule has 1 atom stereocenters. The molecule has 7 heteroatoms. The van der Waals surface area contributed by atoms with Gasteiger partial charge in [0, 0.05) is 30.9 Å². The Morgan fingerprint density at radius 2 is 2.26 bits per heavy atom. The van der Waals surface area contributed by atoms with Gasteiger partial charge >= 0.3 is 0 Å². The Kier molecular flexibility index (Phi) is 12.8. The monoisotopic (exact) mass is 381 g/mol. The van der Waals surface area contributed by atoms with Gasteiger partial charge in [0.05, 0.1) is 0 Å². The van der Waals surface area contributed by atoms with E-state index in [1.54, 1.807) is 0 Å². The summed E-state index contributed by atoms with van der Waals surface area (Å²) in [6, 6.07) is 4.32. The number of piperidine rings is 1. The molecular formula is C16H29Cl2N3OS. The highest BCUT2D eigenvalue weighted by Gasteiger charge is 2.20. The van der Waals surface area contributed by atoms with E-state index in [1.165, 1.54) is 24.3 Å². The summed E-state index contributed by atoms with van der Waals surface area (Å²) in [6.07, 6.45) is 4.02. The third-order valence-electron chi connectivity index (χ3n) is 3.98. The van der Waals surface area contributed by atoms with Gasteiger partial charge in [0.25, 0.3) is 0 Å². The summed E-state index contributed by atoms with van der Waals surface area (Å²) < 4.78 is 0. The Balaban J connectivity index is 0.00000242. The third kappa shape index (κ3) is 8.91.